The highest BCUT2D eigenvalue weighted by Crippen LogP contribution is 2.16. The summed E-state index contributed by atoms with van der Waals surface area (Å²) >= 11 is 0. The molecule has 0 amide bonds. The minimum atomic E-state index is 0.103. The molecular formula is C16H23N3O. The fourth-order valence-electron chi connectivity index (χ4n) is 2.39. The van der Waals surface area contributed by atoms with Crippen LogP contribution in [0.4, 0.5) is 0 Å². The van der Waals surface area contributed by atoms with Crippen molar-refractivity contribution in [3.63, 3.8) is 0 Å². The number of hydrogen-bond acceptors (Lipinski definition) is 4. The molecule has 2 aliphatic rings. The van der Waals surface area contributed by atoms with E-state index in [1.54, 1.807) is 6.92 Å². The summed E-state index contributed by atoms with van der Waals surface area (Å²) in [4.78, 5) is 20.0. The molecule has 108 valence electrons. The van der Waals surface area contributed by atoms with Gasteiger partial charge in [0.25, 0.3) is 0 Å². The van der Waals surface area contributed by atoms with Crippen LogP contribution in [0.1, 0.15) is 32.6 Å². The number of nitrogens with zero attached hydrogens (tertiary/aromatic N) is 2. The molecule has 0 fully saturated rings. The molecule has 1 aliphatic heterocycles. The van der Waals surface area contributed by atoms with Crippen LogP contribution in [0.3, 0.4) is 0 Å². The number of carbonyl (C=O) groups is 1. The van der Waals surface area contributed by atoms with Crippen molar-refractivity contribution in [2.45, 2.75) is 32.6 Å². The second-order valence-electron chi connectivity index (χ2n) is 5.32. The third-order valence-electron chi connectivity index (χ3n) is 3.67. The van der Waals surface area contributed by atoms with E-state index in [1.807, 2.05) is 24.6 Å². The first-order valence-corrected chi connectivity index (χ1v) is 7.38. The average molecular weight is 273 g/mol. The molecule has 2 rings (SSSR count). The van der Waals surface area contributed by atoms with Crippen LogP contribution in [0.2, 0.25) is 0 Å². The van der Waals surface area contributed by atoms with E-state index in [4.69, 9.17) is 0 Å². The summed E-state index contributed by atoms with van der Waals surface area (Å²) in [5.41, 5.74) is 2.48. The number of carbonyl (C=O) groups excluding carboxylic acids is 1. The Kier molecular flexibility index (Phi) is 5.87. The van der Waals surface area contributed by atoms with Crippen LogP contribution >= 0.6 is 0 Å². The highest BCUT2D eigenvalue weighted by Gasteiger charge is 2.15. The van der Waals surface area contributed by atoms with Gasteiger partial charge in [-0.25, -0.2) is 0 Å². The smallest absolute Gasteiger partial charge is 0.136 e. The molecule has 4 heteroatoms. The van der Waals surface area contributed by atoms with E-state index in [-0.39, 0.29) is 11.7 Å². The number of aliphatic imine (C=N–C) groups is 2. The minimum Gasteiger partial charge on any atom is -0.311 e. The van der Waals surface area contributed by atoms with Crippen molar-refractivity contribution in [2.24, 2.45) is 15.9 Å². The van der Waals surface area contributed by atoms with Gasteiger partial charge >= 0.3 is 0 Å². The van der Waals surface area contributed by atoms with Gasteiger partial charge in [0.2, 0.25) is 0 Å². The molecule has 0 radical (unpaired) electrons. The number of rotatable bonds is 6. The van der Waals surface area contributed by atoms with Gasteiger partial charge in [-0.1, -0.05) is 6.08 Å². The Morgan fingerprint density at radius 1 is 1.50 bits per heavy atom. The van der Waals surface area contributed by atoms with Crippen LogP contribution in [0.25, 0.3) is 0 Å². The molecule has 1 N–H and O–H groups in total. The zero-order valence-corrected chi connectivity index (χ0v) is 12.1. The summed E-state index contributed by atoms with van der Waals surface area (Å²) < 4.78 is 0. The number of Topliss-reactive ketones (excluding diaryl/α,β-unsaturated/α-hetero) is 1. The lowest BCUT2D eigenvalue weighted by Gasteiger charge is -2.14. The zero-order valence-electron chi connectivity index (χ0n) is 12.1. The highest BCUT2D eigenvalue weighted by atomic mass is 16.1. The molecule has 0 saturated carbocycles. The van der Waals surface area contributed by atoms with Crippen LogP contribution in [0.5, 0.6) is 0 Å². The minimum absolute atomic E-state index is 0.103. The Balaban J connectivity index is 1.64. The first-order valence-electron chi connectivity index (χ1n) is 7.38. The Hall–Kier alpha value is -1.55. The molecule has 20 heavy (non-hydrogen) atoms. The van der Waals surface area contributed by atoms with E-state index in [9.17, 15) is 4.79 Å². The number of ketones is 1. The maximum atomic E-state index is 11.2. The van der Waals surface area contributed by atoms with Gasteiger partial charge in [0.1, 0.15) is 5.78 Å². The van der Waals surface area contributed by atoms with Gasteiger partial charge in [-0.3, -0.25) is 14.8 Å². The van der Waals surface area contributed by atoms with Gasteiger partial charge < -0.3 is 5.32 Å². The molecule has 1 atom stereocenters. The number of nitrogens with one attached hydrogen (secondary N) is 1. The summed E-state index contributed by atoms with van der Waals surface area (Å²) in [6, 6.07) is 0. The predicted molar refractivity (Wildman–Crippen MR) is 83.5 cm³/mol. The predicted octanol–water partition coefficient (Wildman–Crippen LogP) is 2.32. The van der Waals surface area contributed by atoms with Crippen molar-refractivity contribution in [3.05, 3.63) is 23.9 Å². The Labute approximate surface area is 120 Å². The molecule has 0 aromatic rings. The monoisotopic (exact) mass is 273 g/mol. The van der Waals surface area contributed by atoms with E-state index < -0.39 is 0 Å². The third-order valence-corrected chi connectivity index (χ3v) is 3.67. The largest absolute Gasteiger partial charge is 0.311 e. The molecule has 0 saturated heterocycles. The van der Waals surface area contributed by atoms with E-state index >= 15 is 0 Å². The third kappa shape index (κ3) is 4.85. The number of allylic oxidation sites excluding steroid dienone is 2. The summed E-state index contributed by atoms with van der Waals surface area (Å²) in [7, 11) is 0. The SMILES string of the molecule is CC(=O)C1C=CC(=NCCNCC2=CN=CCC2)CC1. The highest BCUT2D eigenvalue weighted by molar-refractivity contribution is 5.97. The first kappa shape index (κ1) is 14.9. The van der Waals surface area contributed by atoms with E-state index in [2.05, 4.69) is 15.3 Å². The van der Waals surface area contributed by atoms with Crippen molar-refractivity contribution < 1.29 is 4.79 Å². The summed E-state index contributed by atoms with van der Waals surface area (Å²) in [5.74, 6) is 0.358. The number of hydrogen-bond donors (Lipinski definition) is 1. The lowest BCUT2D eigenvalue weighted by molar-refractivity contribution is -0.119. The Morgan fingerprint density at radius 2 is 2.40 bits per heavy atom. The van der Waals surface area contributed by atoms with Crippen molar-refractivity contribution in [1.29, 1.82) is 0 Å². The van der Waals surface area contributed by atoms with Gasteiger partial charge in [-0.15, -0.1) is 0 Å². The summed E-state index contributed by atoms with van der Waals surface area (Å²) in [6.07, 6.45) is 11.9. The lowest BCUT2D eigenvalue weighted by atomic mass is 9.92. The average Bonchev–Trinajstić information content (AvgIpc) is 2.48. The maximum Gasteiger partial charge on any atom is 0.136 e. The van der Waals surface area contributed by atoms with E-state index in [0.29, 0.717) is 0 Å². The lowest BCUT2D eigenvalue weighted by Crippen LogP contribution is -2.22. The van der Waals surface area contributed by atoms with Crippen molar-refractivity contribution >= 4 is 17.7 Å². The van der Waals surface area contributed by atoms with Crippen molar-refractivity contribution in [2.75, 3.05) is 19.6 Å². The van der Waals surface area contributed by atoms with Gasteiger partial charge in [-0.2, -0.15) is 0 Å². The standard InChI is InChI=1S/C16H23N3O/c1-13(20)15-4-6-16(7-5-15)19-10-9-18-12-14-3-2-8-17-11-14/h4,6,8,11,15,18H,2-3,5,7,9-10,12H2,1H3. The van der Waals surface area contributed by atoms with Crippen molar-refractivity contribution in [1.82, 2.24) is 5.32 Å². The maximum absolute atomic E-state index is 11.2. The first-order chi connectivity index (χ1) is 9.75. The molecule has 1 heterocycles. The molecule has 0 aromatic heterocycles. The van der Waals surface area contributed by atoms with Crippen LogP contribution in [-0.4, -0.2) is 37.3 Å². The van der Waals surface area contributed by atoms with Gasteiger partial charge in [0.15, 0.2) is 0 Å². The Bertz CT molecular complexity index is 460. The van der Waals surface area contributed by atoms with Crippen LogP contribution in [0.15, 0.2) is 33.9 Å². The molecule has 0 bridgehead atoms. The molecule has 1 aliphatic carbocycles. The summed E-state index contributed by atoms with van der Waals surface area (Å²) in [6.45, 7) is 4.24. The molecular weight excluding hydrogens is 250 g/mol. The molecule has 4 nitrogen and oxygen atoms in total. The van der Waals surface area contributed by atoms with Crippen LogP contribution in [-0.2, 0) is 4.79 Å². The zero-order chi connectivity index (χ0) is 14.2. The fraction of sp³-hybridized carbons (Fsp3) is 0.562. The summed E-state index contributed by atoms with van der Waals surface area (Å²) in [5, 5.41) is 3.39. The molecule has 0 spiro atoms. The quantitative estimate of drug-likeness (QED) is 0.755. The topological polar surface area (TPSA) is 53.8 Å². The Morgan fingerprint density at radius 3 is 3.05 bits per heavy atom. The van der Waals surface area contributed by atoms with Crippen molar-refractivity contribution in [3.8, 4) is 0 Å². The van der Waals surface area contributed by atoms with Gasteiger partial charge in [0, 0.05) is 37.1 Å². The molecule has 0 aromatic carbocycles. The van der Waals surface area contributed by atoms with E-state index in [1.165, 1.54) is 5.57 Å². The second-order valence-corrected chi connectivity index (χ2v) is 5.32. The molecule has 1 unspecified atom stereocenters. The van der Waals surface area contributed by atoms with Crippen LogP contribution < -0.4 is 5.32 Å². The normalized spacial score (nSPS) is 23.9. The van der Waals surface area contributed by atoms with Gasteiger partial charge in [0.05, 0.1) is 6.54 Å². The fourth-order valence-corrected chi connectivity index (χ4v) is 2.39. The van der Waals surface area contributed by atoms with E-state index in [0.717, 1.165) is 51.0 Å². The second kappa shape index (κ2) is 7.90. The van der Waals surface area contributed by atoms with Crippen LogP contribution in [0, 0.1) is 5.92 Å². The van der Waals surface area contributed by atoms with Gasteiger partial charge in [-0.05, 0) is 44.3 Å².